The Balaban J connectivity index is 1.97. The van der Waals surface area contributed by atoms with Crippen molar-refractivity contribution in [3.05, 3.63) is 113 Å². The van der Waals surface area contributed by atoms with Gasteiger partial charge in [-0.3, -0.25) is 0 Å². The van der Waals surface area contributed by atoms with Crippen LogP contribution in [0.1, 0.15) is 177 Å². The molecule has 0 radical (unpaired) electrons. The van der Waals surface area contributed by atoms with Crippen molar-refractivity contribution in [3.63, 3.8) is 0 Å². The van der Waals surface area contributed by atoms with Crippen LogP contribution in [-0.4, -0.2) is 26.4 Å². The number of fused-ring (bicyclic) bond motifs is 8. The molecule has 0 spiro atoms. The first kappa shape index (κ1) is 44.9. The molecular formula is C52H71IO4. The van der Waals surface area contributed by atoms with Crippen LogP contribution >= 0.6 is 22.6 Å². The highest BCUT2D eigenvalue weighted by atomic mass is 127. The summed E-state index contributed by atoms with van der Waals surface area (Å²) in [6, 6.07) is 19.1. The van der Waals surface area contributed by atoms with Crippen LogP contribution in [0, 0.1) is 3.57 Å². The Bertz CT molecular complexity index is 1880. The molecule has 0 N–H and O–H groups in total. The first-order valence-electron chi connectivity index (χ1n) is 21.7. The molecule has 5 heteroatoms. The molecule has 4 aromatic carbocycles. The normalized spacial score (nSPS) is 13.4. The highest BCUT2D eigenvalue weighted by molar-refractivity contribution is 14.1. The number of hydrogen-bond donors (Lipinski definition) is 0. The lowest BCUT2D eigenvalue weighted by Gasteiger charge is -2.28. The Morgan fingerprint density at radius 2 is 0.561 bits per heavy atom. The van der Waals surface area contributed by atoms with E-state index in [9.17, 15) is 0 Å². The Hall–Kier alpha value is -3.19. The highest BCUT2D eigenvalue weighted by Gasteiger charge is 2.28. The van der Waals surface area contributed by atoms with E-state index in [2.05, 4.69) is 161 Å². The highest BCUT2D eigenvalue weighted by Crippen LogP contribution is 2.44. The Morgan fingerprint density at radius 3 is 0.737 bits per heavy atom. The quantitative estimate of drug-likeness (QED) is 0.117. The zero-order valence-electron chi connectivity index (χ0n) is 37.6. The standard InChI is InChI=1S/C52H71IO4/c1-14-18-54-46-34-22-36-28-43(51(8,9)10)30-38(47(36)55-19-15-2)24-40-32-45(53)33-41(49(40)57-21-17-4)25-39-31-44(52(11,12)13)29-37(48(39)56-20-16-3)23-35(46)27-42(26-34)50(5,6)7/h26-33H,14-25H2,1-13H3. The minimum absolute atomic E-state index is 0.0617. The van der Waals surface area contributed by atoms with Crippen molar-refractivity contribution < 1.29 is 18.9 Å². The smallest absolute Gasteiger partial charge is 0.126 e. The van der Waals surface area contributed by atoms with Crippen LogP contribution in [0.2, 0.25) is 0 Å². The topological polar surface area (TPSA) is 36.9 Å². The van der Waals surface area contributed by atoms with E-state index in [1.54, 1.807) is 0 Å². The van der Waals surface area contributed by atoms with Crippen molar-refractivity contribution in [1.82, 2.24) is 0 Å². The maximum absolute atomic E-state index is 6.91. The summed E-state index contributed by atoms with van der Waals surface area (Å²) in [5.41, 5.74) is 13.4. The van der Waals surface area contributed by atoms with Gasteiger partial charge in [0.2, 0.25) is 0 Å². The molecule has 0 aliphatic heterocycles. The molecule has 0 atom stereocenters. The van der Waals surface area contributed by atoms with Crippen molar-refractivity contribution >= 4 is 22.6 Å². The van der Waals surface area contributed by atoms with E-state index in [1.165, 1.54) is 64.8 Å². The van der Waals surface area contributed by atoms with Crippen molar-refractivity contribution in [3.8, 4) is 23.0 Å². The van der Waals surface area contributed by atoms with Crippen LogP contribution in [0.25, 0.3) is 0 Å². The van der Waals surface area contributed by atoms with Crippen LogP contribution in [0.4, 0.5) is 0 Å². The molecule has 5 rings (SSSR count). The number of benzene rings is 4. The lowest BCUT2D eigenvalue weighted by Crippen LogP contribution is -2.17. The first-order chi connectivity index (χ1) is 26.9. The zero-order chi connectivity index (χ0) is 41.7. The summed E-state index contributed by atoms with van der Waals surface area (Å²) >= 11 is 2.50. The number of halogens is 1. The maximum Gasteiger partial charge on any atom is 0.126 e. The molecule has 57 heavy (non-hydrogen) atoms. The van der Waals surface area contributed by atoms with Gasteiger partial charge in [0.15, 0.2) is 0 Å². The third-order valence-corrected chi connectivity index (χ3v) is 11.5. The minimum Gasteiger partial charge on any atom is -0.493 e. The predicted octanol–water partition coefficient (Wildman–Crippen LogP) is 14.0. The molecule has 8 bridgehead atoms. The van der Waals surface area contributed by atoms with Gasteiger partial charge in [-0.2, -0.15) is 0 Å². The van der Waals surface area contributed by atoms with E-state index >= 15 is 0 Å². The minimum atomic E-state index is -0.0672. The molecule has 0 fully saturated rings. The molecule has 4 aromatic rings. The van der Waals surface area contributed by atoms with E-state index in [-0.39, 0.29) is 16.2 Å². The molecule has 4 nitrogen and oxygen atoms in total. The molecular weight excluding hydrogens is 815 g/mol. The van der Waals surface area contributed by atoms with Crippen molar-refractivity contribution in [2.45, 2.75) is 158 Å². The molecule has 0 heterocycles. The van der Waals surface area contributed by atoms with Gasteiger partial charge in [-0.05, 0) is 138 Å². The zero-order valence-corrected chi connectivity index (χ0v) is 39.8. The molecule has 0 saturated heterocycles. The number of hydrogen-bond acceptors (Lipinski definition) is 4. The molecule has 0 saturated carbocycles. The maximum atomic E-state index is 6.91. The number of ether oxygens (including phenoxy) is 4. The van der Waals surface area contributed by atoms with E-state index in [0.717, 1.165) is 48.7 Å². The molecule has 0 aromatic heterocycles. The van der Waals surface area contributed by atoms with Gasteiger partial charge >= 0.3 is 0 Å². The van der Waals surface area contributed by atoms with Crippen molar-refractivity contribution in [2.75, 3.05) is 26.4 Å². The third-order valence-electron chi connectivity index (χ3n) is 10.9. The molecule has 1 aliphatic carbocycles. The second kappa shape index (κ2) is 18.8. The van der Waals surface area contributed by atoms with E-state index in [4.69, 9.17) is 18.9 Å². The fraction of sp³-hybridized carbons (Fsp3) is 0.538. The average Bonchev–Trinajstić information content (AvgIpc) is 3.11. The van der Waals surface area contributed by atoms with Gasteiger partial charge < -0.3 is 18.9 Å². The largest absolute Gasteiger partial charge is 0.493 e. The summed E-state index contributed by atoms with van der Waals surface area (Å²) in [7, 11) is 0. The Kier molecular flexibility index (Phi) is 14.8. The van der Waals surface area contributed by atoms with Crippen LogP contribution in [0.5, 0.6) is 23.0 Å². The monoisotopic (exact) mass is 886 g/mol. The molecule has 0 unspecified atom stereocenters. The van der Waals surface area contributed by atoms with Gasteiger partial charge in [-0.15, -0.1) is 0 Å². The van der Waals surface area contributed by atoms with Gasteiger partial charge in [0.1, 0.15) is 23.0 Å². The van der Waals surface area contributed by atoms with Crippen molar-refractivity contribution in [2.24, 2.45) is 0 Å². The van der Waals surface area contributed by atoms with Gasteiger partial charge in [0.25, 0.3) is 0 Å². The van der Waals surface area contributed by atoms with E-state index in [0.29, 0.717) is 52.1 Å². The van der Waals surface area contributed by atoms with Gasteiger partial charge in [-0.25, -0.2) is 0 Å². The summed E-state index contributed by atoms with van der Waals surface area (Å²) in [6.07, 6.45) is 6.55. The van der Waals surface area contributed by atoms with Crippen LogP contribution in [-0.2, 0) is 41.9 Å². The molecule has 310 valence electrons. The molecule has 1 aliphatic rings. The van der Waals surface area contributed by atoms with Crippen LogP contribution in [0.15, 0.2) is 48.5 Å². The number of rotatable bonds is 12. The second-order valence-electron chi connectivity index (χ2n) is 19.3. The summed E-state index contributed by atoms with van der Waals surface area (Å²) in [6.45, 7) is 32.3. The SMILES string of the molecule is CCCOc1c2cc(I)cc1Cc1cc(C(C)(C)C)cc(c1OCCC)Cc1cc(C(C)(C)C)cc(c1OCCC)Cc1cc(C(C)(C)C)cc(c1OCCC)C2. The van der Waals surface area contributed by atoms with Gasteiger partial charge in [0.05, 0.1) is 26.4 Å². The Morgan fingerprint density at radius 1 is 0.368 bits per heavy atom. The van der Waals surface area contributed by atoms with E-state index in [1.807, 2.05) is 0 Å². The van der Waals surface area contributed by atoms with Gasteiger partial charge in [0, 0.05) is 29.3 Å². The second-order valence-corrected chi connectivity index (χ2v) is 20.5. The van der Waals surface area contributed by atoms with Crippen LogP contribution in [0.3, 0.4) is 0 Å². The summed E-state index contributed by atoms with van der Waals surface area (Å²) < 4.78 is 28.7. The molecule has 0 amide bonds. The summed E-state index contributed by atoms with van der Waals surface area (Å²) in [5.74, 6) is 3.99. The Labute approximate surface area is 360 Å². The lowest BCUT2D eigenvalue weighted by atomic mass is 9.80. The fourth-order valence-corrected chi connectivity index (χ4v) is 8.46. The average molecular weight is 887 g/mol. The van der Waals surface area contributed by atoms with E-state index < -0.39 is 0 Å². The fourth-order valence-electron chi connectivity index (χ4n) is 7.70. The third kappa shape index (κ3) is 11.1. The first-order valence-corrected chi connectivity index (χ1v) is 22.8. The predicted molar refractivity (Wildman–Crippen MR) is 249 cm³/mol. The summed E-state index contributed by atoms with van der Waals surface area (Å²) in [4.78, 5) is 0. The van der Waals surface area contributed by atoms with Crippen LogP contribution < -0.4 is 18.9 Å². The van der Waals surface area contributed by atoms with Gasteiger partial charge in [-0.1, -0.05) is 126 Å². The van der Waals surface area contributed by atoms with Crippen molar-refractivity contribution in [1.29, 1.82) is 0 Å². The lowest BCUT2D eigenvalue weighted by molar-refractivity contribution is 0.304. The summed E-state index contributed by atoms with van der Waals surface area (Å²) in [5, 5.41) is 0.